The van der Waals surface area contributed by atoms with Gasteiger partial charge in [-0.3, -0.25) is 4.21 Å². The number of hydrogen-bond acceptors (Lipinski definition) is 4. The number of alkyl halides is 3. The number of nitrogens with one attached hydrogen (secondary N) is 2. The molecular formula is C19H30F3IN4O2S. The average Bonchev–Trinajstić information content (AvgIpc) is 2.70. The number of nitrogens with zero attached hydrogens (tertiary/aromatic N) is 2. The molecule has 1 fully saturated rings. The minimum absolute atomic E-state index is 0. The maximum absolute atomic E-state index is 12.4. The molecular weight excluding hydrogens is 532 g/mol. The summed E-state index contributed by atoms with van der Waals surface area (Å²) in [7, 11) is -0.816. The van der Waals surface area contributed by atoms with E-state index in [2.05, 4.69) is 20.6 Å². The third kappa shape index (κ3) is 9.36. The van der Waals surface area contributed by atoms with Gasteiger partial charge in [-0.1, -0.05) is 19.4 Å². The van der Waals surface area contributed by atoms with Crippen LogP contribution in [0.4, 0.5) is 13.2 Å². The predicted octanol–water partition coefficient (Wildman–Crippen LogP) is 3.78. The lowest BCUT2D eigenvalue weighted by molar-refractivity contribution is -0.154. The Morgan fingerprint density at radius 1 is 1.37 bits per heavy atom. The van der Waals surface area contributed by atoms with E-state index in [1.165, 1.54) is 6.20 Å². The number of pyridine rings is 1. The van der Waals surface area contributed by atoms with Gasteiger partial charge in [-0.05, 0) is 32.3 Å². The van der Waals surface area contributed by atoms with E-state index < -0.39 is 23.6 Å². The van der Waals surface area contributed by atoms with Crippen molar-refractivity contribution in [2.24, 2.45) is 4.99 Å². The van der Waals surface area contributed by atoms with Crippen molar-refractivity contribution in [3.8, 4) is 5.88 Å². The van der Waals surface area contributed by atoms with Crippen LogP contribution < -0.4 is 15.4 Å². The van der Waals surface area contributed by atoms with E-state index in [0.717, 1.165) is 25.7 Å². The molecule has 172 valence electrons. The van der Waals surface area contributed by atoms with Crippen LogP contribution in [-0.4, -0.2) is 51.5 Å². The van der Waals surface area contributed by atoms with E-state index in [-0.39, 0.29) is 47.7 Å². The zero-order valence-electron chi connectivity index (χ0n) is 17.2. The molecule has 0 amide bonds. The summed E-state index contributed by atoms with van der Waals surface area (Å²) in [6, 6.07) is 3.45. The van der Waals surface area contributed by atoms with Gasteiger partial charge in [-0.15, -0.1) is 24.0 Å². The molecule has 0 saturated heterocycles. The van der Waals surface area contributed by atoms with E-state index in [1.54, 1.807) is 12.1 Å². The van der Waals surface area contributed by atoms with Crippen LogP contribution in [0.3, 0.4) is 0 Å². The fraction of sp³-hybridized carbons (Fsp3) is 0.684. The van der Waals surface area contributed by atoms with Crippen LogP contribution in [-0.2, 0) is 17.3 Å². The van der Waals surface area contributed by atoms with Gasteiger partial charge in [0.1, 0.15) is 0 Å². The summed E-state index contributed by atoms with van der Waals surface area (Å²) in [5.41, 5.74) is 0.475. The highest BCUT2D eigenvalue weighted by atomic mass is 127. The summed E-state index contributed by atoms with van der Waals surface area (Å²) in [5, 5.41) is 6.72. The molecule has 0 radical (unpaired) electrons. The zero-order chi connectivity index (χ0) is 21.3. The first-order valence-corrected chi connectivity index (χ1v) is 11.3. The highest BCUT2D eigenvalue weighted by Gasteiger charge is 2.29. The molecule has 0 spiro atoms. The number of halogens is 4. The van der Waals surface area contributed by atoms with Crippen molar-refractivity contribution in [2.45, 2.75) is 63.5 Å². The third-order valence-corrected chi connectivity index (χ3v) is 6.34. The summed E-state index contributed by atoms with van der Waals surface area (Å²) in [6.07, 6.45) is 0.725. The lowest BCUT2D eigenvalue weighted by atomic mass is 9.95. The van der Waals surface area contributed by atoms with Crippen LogP contribution in [0.25, 0.3) is 0 Å². The molecule has 6 nitrogen and oxygen atoms in total. The first-order chi connectivity index (χ1) is 13.8. The first-order valence-electron chi connectivity index (χ1n) is 9.87. The van der Waals surface area contributed by atoms with Gasteiger partial charge in [0.2, 0.25) is 5.88 Å². The van der Waals surface area contributed by atoms with Gasteiger partial charge in [-0.2, -0.15) is 13.2 Å². The van der Waals surface area contributed by atoms with Crippen molar-refractivity contribution in [3.05, 3.63) is 23.9 Å². The van der Waals surface area contributed by atoms with Gasteiger partial charge in [0, 0.05) is 46.1 Å². The fourth-order valence-electron chi connectivity index (χ4n) is 3.25. The second-order valence-electron chi connectivity index (χ2n) is 6.87. The van der Waals surface area contributed by atoms with Crippen LogP contribution in [0.2, 0.25) is 0 Å². The smallest absolute Gasteiger partial charge is 0.422 e. The van der Waals surface area contributed by atoms with Crippen LogP contribution in [0.15, 0.2) is 23.3 Å². The number of ether oxygens (including phenoxy) is 1. The average molecular weight is 562 g/mol. The highest BCUT2D eigenvalue weighted by Crippen LogP contribution is 2.23. The van der Waals surface area contributed by atoms with Crippen LogP contribution in [0, 0.1) is 0 Å². The van der Waals surface area contributed by atoms with Gasteiger partial charge < -0.3 is 15.4 Å². The Morgan fingerprint density at radius 3 is 2.80 bits per heavy atom. The summed E-state index contributed by atoms with van der Waals surface area (Å²) in [6.45, 7) is 3.26. The molecule has 0 aromatic carbocycles. The molecule has 3 unspecified atom stereocenters. The van der Waals surface area contributed by atoms with Crippen molar-refractivity contribution < 1.29 is 22.1 Å². The van der Waals surface area contributed by atoms with E-state index in [9.17, 15) is 17.4 Å². The monoisotopic (exact) mass is 562 g/mol. The molecule has 1 aromatic rings. The van der Waals surface area contributed by atoms with Crippen LogP contribution in [0.1, 0.15) is 45.1 Å². The van der Waals surface area contributed by atoms with Crippen molar-refractivity contribution in [1.82, 2.24) is 15.6 Å². The number of aliphatic imine (C=N–C) groups is 1. The second kappa shape index (κ2) is 13.3. The van der Waals surface area contributed by atoms with Crippen molar-refractivity contribution in [2.75, 3.05) is 18.9 Å². The Labute approximate surface area is 195 Å². The molecule has 2 rings (SSSR count). The standard InChI is InChI=1S/C19H29F3N4O2S.HI/c1-3-23-18(26-15-8-5-9-16(11-15)29(27)4-2)25-12-14-7-6-10-24-17(14)28-13-19(20,21)22;/h6-7,10,15-16H,3-5,8-9,11-13H2,1-2H3,(H2,23,25,26);1H. The van der Waals surface area contributed by atoms with Gasteiger partial charge in [-0.25, -0.2) is 9.98 Å². The number of aromatic nitrogens is 1. The maximum atomic E-state index is 12.4. The Balaban J connectivity index is 0.00000450. The number of guanidine groups is 1. The summed E-state index contributed by atoms with van der Waals surface area (Å²) < 4.78 is 54.3. The molecule has 1 aromatic heterocycles. The maximum Gasteiger partial charge on any atom is 0.422 e. The predicted molar refractivity (Wildman–Crippen MR) is 124 cm³/mol. The number of rotatable bonds is 8. The molecule has 1 heterocycles. The highest BCUT2D eigenvalue weighted by molar-refractivity contribution is 14.0. The van der Waals surface area contributed by atoms with Gasteiger partial charge in [0.25, 0.3) is 0 Å². The Kier molecular flexibility index (Phi) is 12.0. The molecule has 1 saturated carbocycles. The van der Waals surface area contributed by atoms with Crippen LogP contribution in [0.5, 0.6) is 5.88 Å². The molecule has 3 atom stereocenters. The minimum atomic E-state index is -4.43. The van der Waals surface area contributed by atoms with Crippen molar-refractivity contribution in [3.63, 3.8) is 0 Å². The second-order valence-corrected chi connectivity index (χ2v) is 8.87. The zero-order valence-corrected chi connectivity index (χ0v) is 20.4. The molecule has 1 aliphatic carbocycles. The quantitative estimate of drug-likeness (QED) is 0.287. The largest absolute Gasteiger partial charge is 0.468 e. The Bertz CT molecular complexity index is 707. The summed E-state index contributed by atoms with van der Waals surface area (Å²) >= 11 is 0. The lowest BCUT2D eigenvalue weighted by Crippen LogP contribution is -2.46. The van der Waals surface area contributed by atoms with E-state index >= 15 is 0 Å². The molecule has 11 heteroatoms. The fourth-order valence-corrected chi connectivity index (χ4v) is 4.60. The SMILES string of the molecule is CCNC(=NCc1cccnc1OCC(F)(F)F)NC1CCCC(S(=O)CC)C1.I. The van der Waals surface area contributed by atoms with Gasteiger partial charge in [0.05, 0.1) is 6.54 Å². The van der Waals surface area contributed by atoms with E-state index in [1.807, 2.05) is 13.8 Å². The van der Waals surface area contributed by atoms with Crippen LogP contribution >= 0.6 is 24.0 Å². The summed E-state index contributed by atoms with van der Waals surface area (Å²) in [5.74, 6) is 1.17. The van der Waals surface area contributed by atoms with Gasteiger partial charge in [0.15, 0.2) is 12.6 Å². The lowest BCUT2D eigenvalue weighted by Gasteiger charge is -2.30. The van der Waals surface area contributed by atoms with E-state index in [0.29, 0.717) is 23.8 Å². The Morgan fingerprint density at radius 2 is 2.13 bits per heavy atom. The third-order valence-electron chi connectivity index (χ3n) is 4.60. The molecule has 0 aliphatic heterocycles. The van der Waals surface area contributed by atoms with Crippen molar-refractivity contribution >= 4 is 40.7 Å². The van der Waals surface area contributed by atoms with Gasteiger partial charge >= 0.3 is 6.18 Å². The van der Waals surface area contributed by atoms with Crippen molar-refractivity contribution in [1.29, 1.82) is 0 Å². The first kappa shape index (κ1) is 26.9. The molecule has 30 heavy (non-hydrogen) atoms. The normalized spacial score (nSPS) is 20.8. The topological polar surface area (TPSA) is 75.6 Å². The number of hydrogen-bond donors (Lipinski definition) is 2. The molecule has 1 aliphatic rings. The van der Waals surface area contributed by atoms with E-state index in [4.69, 9.17) is 4.74 Å². The Hall–Kier alpha value is -1.11. The minimum Gasteiger partial charge on any atom is -0.468 e. The summed E-state index contributed by atoms with van der Waals surface area (Å²) in [4.78, 5) is 8.38. The molecule has 0 bridgehead atoms. The molecule has 2 N–H and O–H groups in total.